The maximum atomic E-state index is 13.0. The van der Waals surface area contributed by atoms with Gasteiger partial charge in [0, 0.05) is 31.7 Å². The van der Waals surface area contributed by atoms with Crippen LogP contribution in [0.2, 0.25) is 5.02 Å². The van der Waals surface area contributed by atoms with E-state index in [9.17, 15) is 13.2 Å². The summed E-state index contributed by atoms with van der Waals surface area (Å²) in [5.74, 6) is 0.205. The maximum absolute atomic E-state index is 13.0. The number of ether oxygens (including phenoxy) is 1. The number of carbonyl (C=O) groups is 1. The van der Waals surface area contributed by atoms with Crippen LogP contribution in [0.1, 0.15) is 28.9 Å². The number of sulfonamides is 1. The minimum atomic E-state index is -3.70. The number of methoxy groups -OCH3 is 1. The van der Waals surface area contributed by atoms with E-state index < -0.39 is 15.9 Å². The molecule has 0 aromatic heterocycles. The number of likely N-dealkylation sites (N-methyl/N-ethyl adjacent to an activating group) is 1. The highest BCUT2D eigenvalue weighted by Crippen LogP contribution is 2.27. The summed E-state index contributed by atoms with van der Waals surface area (Å²) in [5.41, 5.74) is 0.930. The Labute approximate surface area is 182 Å². The molecule has 0 radical (unpaired) electrons. The van der Waals surface area contributed by atoms with Crippen LogP contribution in [0.3, 0.4) is 0 Å². The molecule has 0 saturated carbocycles. The van der Waals surface area contributed by atoms with Crippen molar-refractivity contribution in [3.8, 4) is 5.75 Å². The van der Waals surface area contributed by atoms with Crippen molar-refractivity contribution in [3.63, 3.8) is 0 Å². The first kappa shape index (κ1) is 22.6. The average molecular weight is 452 g/mol. The zero-order chi connectivity index (χ0) is 21.9. The van der Waals surface area contributed by atoms with Crippen LogP contribution in [-0.2, 0) is 10.0 Å². The lowest BCUT2D eigenvalue weighted by Gasteiger charge is -2.31. The van der Waals surface area contributed by atoms with E-state index in [1.165, 1.54) is 22.5 Å². The standard InChI is InChI=1S/C21H26ClN3O4S/c1-15(17-6-4-5-7-20(17)29-3)23-21(26)18-14-16(8-9-19(18)22)30(27,28)25-12-10-24(2)11-13-25/h4-9,14-15H,10-13H2,1-3H3,(H,23,26). The topological polar surface area (TPSA) is 78.9 Å². The van der Waals surface area contributed by atoms with Crippen LogP contribution >= 0.6 is 11.6 Å². The molecule has 0 bridgehead atoms. The fourth-order valence-electron chi connectivity index (χ4n) is 3.39. The van der Waals surface area contributed by atoms with Crippen LogP contribution in [0.4, 0.5) is 0 Å². The molecule has 162 valence electrons. The van der Waals surface area contributed by atoms with E-state index >= 15 is 0 Å². The number of hydrogen-bond acceptors (Lipinski definition) is 5. The SMILES string of the molecule is COc1ccccc1C(C)NC(=O)c1cc(S(=O)(=O)N2CCN(C)CC2)ccc1Cl. The van der Waals surface area contributed by atoms with Gasteiger partial charge in [0.05, 0.1) is 28.6 Å². The molecule has 1 saturated heterocycles. The molecule has 3 rings (SSSR count). The molecule has 0 aliphatic carbocycles. The first-order chi connectivity index (χ1) is 14.2. The molecule has 9 heteroatoms. The Morgan fingerprint density at radius 3 is 2.47 bits per heavy atom. The van der Waals surface area contributed by atoms with Gasteiger partial charge in [0.15, 0.2) is 0 Å². The first-order valence-electron chi connectivity index (χ1n) is 9.66. The van der Waals surface area contributed by atoms with Crippen molar-refractivity contribution in [2.45, 2.75) is 17.9 Å². The molecular weight excluding hydrogens is 426 g/mol. The fraction of sp³-hybridized carbons (Fsp3) is 0.381. The lowest BCUT2D eigenvalue weighted by molar-refractivity contribution is 0.0939. The maximum Gasteiger partial charge on any atom is 0.253 e. The van der Waals surface area contributed by atoms with Gasteiger partial charge >= 0.3 is 0 Å². The number of nitrogens with one attached hydrogen (secondary N) is 1. The number of carbonyl (C=O) groups excluding carboxylic acids is 1. The first-order valence-corrected chi connectivity index (χ1v) is 11.5. The van der Waals surface area contributed by atoms with E-state index in [1.807, 2.05) is 38.2 Å². The zero-order valence-electron chi connectivity index (χ0n) is 17.3. The van der Waals surface area contributed by atoms with Crippen molar-refractivity contribution in [2.24, 2.45) is 0 Å². The summed E-state index contributed by atoms with van der Waals surface area (Å²) in [5, 5.41) is 3.07. The molecule has 1 unspecified atom stereocenters. The van der Waals surface area contributed by atoms with Gasteiger partial charge < -0.3 is 15.0 Å². The van der Waals surface area contributed by atoms with Crippen LogP contribution in [0.5, 0.6) is 5.75 Å². The molecule has 30 heavy (non-hydrogen) atoms. The van der Waals surface area contributed by atoms with E-state index in [0.717, 1.165) is 5.56 Å². The number of rotatable bonds is 6. The minimum Gasteiger partial charge on any atom is -0.496 e. The quantitative estimate of drug-likeness (QED) is 0.730. The van der Waals surface area contributed by atoms with Gasteiger partial charge in [-0.05, 0) is 38.2 Å². The van der Waals surface area contributed by atoms with Crippen molar-refractivity contribution in [3.05, 3.63) is 58.6 Å². The van der Waals surface area contributed by atoms with Crippen LogP contribution in [-0.4, -0.2) is 63.9 Å². The Bertz CT molecular complexity index is 1020. The Hall–Kier alpha value is -2.13. The van der Waals surface area contributed by atoms with Gasteiger partial charge in [-0.2, -0.15) is 4.31 Å². The van der Waals surface area contributed by atoms with Crippen molar-refractivity contribution >= 4 is 27.5 Å². The largest absolute Gasteiger partial charge is 0.496 e. The third kappa shape index (κ3) is 4.78. The predicted octanol–water partition coefficient (Wildman–Crippen LogP) is 2.78. The van der Waals surface area contributed by atoms with Crippen LogP contribution in [0.15, 0.2) is 47.4 Å². The molecule has 0 spiro atoms. The van der Waals surface area contributed by atoms with Gasteiger partial charge in [-0.1, -0.05) is 29.8 Å². The third-order valence-electron chi connectivity index (χ3n) is 5.24. The Kier molecular flexibility index (Phi) is 7.02. The number of nitrogens with zero attached hydrogens (tertiary/aromatic N) is 2. The van der Waals surface area contributed by atoms with E-state index in [4.69, 9.17) is 16.3 Å². The van der Waals surface area contributed by atoms with E-state index in [-0.39, 0.29) is 21.5 Å². The number of amides is 1. The molecule has 7 nitrogen and oxygen atoms in total. The number of benzene rings is 2. The number of para-hydroxylation sites is 1. The zero-order valence-corrected chi connectivity index (χ0v) is 18.8. The van der Waals surface area contributed by atoms with Gasteiger partial charge in [0.25, 0.3) is 5.91 Å². The summed E-state index contributed by atoms with van der Waals surface area (Å²) in [4.78, 5) is 15.0. The third-order valence-corrected chi connectivity index (χ3v) is 7.46. The van der Waals surface area contributed by atoms with Gasteiger partial charge in [-0.3, -0.25) is 4.79 Å². The van der Waals surface area contributed by atoms with Crippen molar-refractivity contribution in [2.75, 3.05) is 40.3 Å². The van der Waals surface area contributed by atoms with Gasteiger partial charge in [-0.15, -0.1) is 0 Å². The average Bonchev–Trinajstić information content (AvgIpc) is 2.74. The normalized spacial score (nSPS) is 16.8. The lowest BCUT2D eigenvalue weighted by Crippen LogP contribution is -2.47. The van der Waals surface area contributed by atoms with Gasteiger partial charge in [0.1, 0.15) is 5.75 Å². The highest BCUT2D eigenvalue weighted by atomic mass is 35.5. The molecule has 2 aromatic carbocycles. The van der Waals surface area contributed by atoms with Crippen molar-refractivity contribution in [1.82, 2.24) is 14.5 Å². The summed E-state index contributed by atoms with van der Waals surface area (Å²) < 4.78 is 32.8. The fourth-order valence-corrected chi connectivity index (χ4v) is 5.04. The summed E-state index contributed by atoms with van der Waals surface area (Å²) in [6.45, 7) is 3.98. The molecular formula is C21H26ClN3O4S. The lowest BCUT2D eigenvalue weighted by atomic mass is 10.1. The number of piperazine rings is 1. The molecule has 1 amide bonds. The van der Waals surface area contributed by atoms with Gasteiger partial charge in [-0.25, -0.2) is 8.42 Å². The molecule has 1 fully saturated rings. The number of halogens is 1. The summed E-state index contributed by atoms with van der Waals surface area (Å²) >= 11 is 6.23. The second-order valence-electron chi connectivity index (χ2n) is 7.29. The van der Waals surface area contributed by atoms with E-state index in [2.05, 4.69) is 10.2 Å². The van der Waals surface area contributed by atoms with Crippen molar-refractivity contribution in [1.29, 1.82) is 0 Å². The summed E-state index contributed by atoms with van der Waals surface area (Å²) in [7, 11) is -0.179. The molecule has 1 heterocycles. The molecule has 1 aliphatic rings. The van der Waals surface area contributed by atoms with E-state index in [1.54, 1.807) is 7.11 Å². The Morgan fingerprint density at radius 2 is 1.80 bits per heavy atom. The van der Waals surface area contributed by atoms with E-state index in [0.29, 0.717) is 31.9 Å². The highest BCUT2D eigenvalue weighted by molar-refractivity contribution is 7.89. The monoisotopic (exact) mass is 451 g/mol. The van der Waals surface area contributed by atoms with Crippen molar-refractivity contribution < 1.29 is 17.9 Å². The second kappa shape index (κ2) is 9.34. The predicted molar refractivity (Wildman–Crippen MR) is 117 cm³/mol. The minimum absolute atomic E-state index is 0.0616. The Morgan fingerprint density at radius 1 is 1.13 bits per heavy atom. The Balaban J connectivity index is 1.83. The van der Waals surface area contributed by atoms with Crippen LogP contribution in [0, 0.1) is 0 Å². The highest BCUT2D eigenvalue weighted by Gasteiger charge is 2.29. The molecule has 1 atom stereocenters. The van der Waals surface area contributed by atoms with Crippen LogP contribution in [0.25, 0.3) is 0 Å². The summed E-state index contributed by atoms with van der Waals surface area (Å²) in [6.07, 6.45) is 0. The molecule has 1 aliphatic heterocycles. The summed E-state index contributed by atoms with van der Waals surface area (Å²) in [6, 6.07) is 11.3. The van der Waals surface area contributed by atoms with Gasteiger partial charge in [0.2, 0.25) is 10.0 Å². The smallest absolute Gasteiger partial charge is 0.253 e. The van der Waals surface area contributed by atoms with Crippen LogP contribution < -0.4 is 10.1 Å². The second-order valence-corrected chi connectivity index (χ2v) is 9.63. The number of hydrogen-bond donors (Lipinski definition) is 1. The molecule has 2 aromatic rings. The molecule has 1 N–H and O–H groups in total.